The molecule has 21 heavy (non-hydrogen) atoms. The largest absolute Gasteiger partial charge is 0.493 e. The summed E-state index contributed by atoms with van der Waals surface area (Å²) < 4.78 is 5.48. The summed E-state index contributed by atoms with van der Waals surface area (Å²) in [6, 6.07) is 5.75. The van der Waals surface area contributed by atoms with E-state index >= 15 is 0 Å². The van der Waals surface area contributed by atoms with Gasteiger partial charge in [0, 0.05) is 23.9 Å². The highest BCUT2D eigenvalue weighted by Gasteiger charge is 2.24. The maximum absolute atomic E-state index is 12.3. The van der Waals surface area contributed by atoms with Crippen molar-refractivity contribution in [2.75, 3.05) is 18.5 Å². The molecular weight excluding hydrogens is 330 g/mol. The Kier molecular flexibility index (Phi) is 4.84. The lowest BCUT2D eigenvalue weighted by Gasteiger charge is -2.30. The van der Waals surface area contributed by atoms with Gasteiger partial charge in [0.15, 0.2) is 0 Å². The van der Waals surface area contributed by atoms with Gasteiger partial charge in [0.1, 0.15) is 5.75 Å². The Morgan fingerprint density at radius 3 is 2.90 bits per heavy atom. The van der Waals surface area contributed by atoms with Gasteiger partial charge in [-0.1, -0.05) is 28.8 Å². The monoisotopic (exact) mass is 351 g/mol. The van der Waals surface area contributed by atoms with Crippen LogP contribution in [0, 0.1) is 11.8 Å². The second-order valence-corrected chi connectivity index (χ2v) is 6.74. The standard InChI is InChI=1S/C17H22BrNO2/c18-10-14-3-1-2-4-15(14)11-19-17(20)13-5-6-16-12(9-13)7-8-21-16/h5-6,9,14-15H,1-4,7-8,10-11H2,(H,19,20). The zero-order valence-electron chi connectivity index (χ0n) is 12.2. The van der Waals surface area contributed by atoms with Gasteiger partial charge in [-0.2, -0.15) is 0 Å². The Labute approximate surface area is 134 Å². The van der Waals surface area contributed by atoms with Crippen LogP contribution in [0.25, 0.3) is 0 Å². The topological polar surface area (TPSA) is 38.3 Å². The van der Waals surface area contributed by atoms with E-state index in [0.29, 0.717) is 11.8 Å². The average Bonchev–Trinajstić information content (AvgIpc) is 3.00. The fourth-order valence-corrected chi connectivity index (χ4v) is 4.26. The summed E-state index contributed by atoms with van der Waals surface area (Å²) in [6.45, 7) is 1.53. The number of fused-ring (bicyclic) bond motifs is 1. The Morgan fingerprint density at radius 2 is 2.10 bits per heavy atom. The van der Waals surface area contributed by atoms with Gasteiger partial charge in [-0.05, 0) is 48.4 Å². The Morgan fingerprint density at radius 1 is 1.29 bits per heavy atom. The van der Waals surface area contributed by atoms with Crippen molar-refractivity contribution in [3.05, 3.63) is 29.3 Å². The number of carbonyl (C=O) groups is 1. The maximum atomic E-state index is 12.3. The van der Waals surface area contributed by atoms with Crippen LogP contribution in [-0.4, -0.2) is 24.4 Å². The fraction of sp³-hybridized carbons (Fsp3) is 0.588. The van der Waals surface area contributed by atoms with Crippen molar-refractivity contribution in [2.45, 2.75) is 32.1 Å². The van der Waals surface area contributed by atoms with Crippen LogP contribution in [-0.2, 0) is 6.42 Å². The molecule has 1 aliphatic carbocycles. The molecule has 4 heteroatoms. The summed E-state index contributed by atoms with van der Waals surface area (Å²) in [6.07, 6.45) is 6.03. The van der Waals surface area contributed by atoms with Crippen LogP contribution in [0.15, 0.2) is 18.2 Å². The second-order valence-electron chi connectivity index (χ2n) is 6.09. The summed E-state index contributed by atoms with van der Waals surface area (Å²) in [4.78, 5) is 12.3. The van der Waals surface area contributed by atoms with Crippen molar-refractivity contribution in [1.29, 1.82) is 0 Å². The number of ether oxygens (including phenoxy) is 1. The molecule has 3 nitrogen and oxygen atoms in total. The van der Waals surface area contributed by atoms with Gasteiger partial charge >= 0.3 is 0 Å². The first-order valence-electron chi connectivity index (χ1n) is 7.88. The van der Waals surface area contributed by atoms with Crippen LogP contribution in [0.4, 0.5) is 0 Å². The van der Waals surface area contributed by atoms with Crippen molar-refractivity contribution in [2.24, 2.45) is 11.8 Å². The number of rotatable bonds is 4. The van der Waals surface area contributed by atoms with E-state index in [1.807, 2.05) is 18.2 Å². The minimum atomic E-state index is 0.0450. The number of hydrogen-bond donors (Lipinski definition) is 1. The molecule has 1 N–H and O–H groups in total. The minimum absolute atomic E-state index is 0.0450. The first-order chi connectivity index (χ1) is 10.3. The second kappa shape index (κ2) is 6.82. The molecular formula is C17H22BrNO2. The molecule has 3 rings (SSSR count). The smallest absolute Gasteiger partial charge is 0.251 e. The zero-order chi connectivity index (χ0) is 14.7. The summed E-state index contributed by atoms with van der Waals surface area (Å²) >= 11 is 3.61. The van der Waals surface area contributed by atoms with Gasteiger partial charge in [0.2, 0.25) is 0 Å². The summed E-state index contributed by atoms with van der Waals surface area (Å²) in [5.74, 6) is 2.29. The average molecular weight is 352 g/mol. The minimum Gasteiger partial charge on any atom is -0.493 e. The molecule has 0 saturated heterocycles. The van der Waals surface area contributed by atoms with Crippen LogP contribution >= 0.6 is 15.9 Å². The van der Waals surface area contributed by atoms with Crippen LogP contribution in [0.5, 0.6) is 5.75 Å². The quantitative estimate of drug-likeness (QED) is 0.842. The van der Waals surface area contributed by atoms with Gasteiger partial charge in [0.25, 0.3) is 5.91 Å². The van der Waals surface area contributed by atoms with E-state index in [1.165, 1.54) is 25.7 Å². The molecule has 2 atom stereocenters. The highest BCUT2D eigenvalue weighted by Crippen LogP contribution is 2.31. The lowest BCUT2D eigenvalue weighted by atomic mass is 9.80. The molecule has 2 aliphatic rings. The number of alkyl halides is 1. The Bertz CT molecular complexity index is 518. The molecule has 0 spiro atoms. The van der Waals surface area contributed by atoms with Crippen molar-refractivity contribution in [3.8, 4) is 5.75 Å². The van der Waals surface area contributed by atoms with E-state index in [2.05, 4.69) is 21.2 Å². The van der Waals surface area contributed by atoms with Gasteiger partial charge in [-0.15, -0.1) is 0 Å². The zero-order valence-corrected chi connectivity index (χ0v) is 13.8. The SMILES string of the molecule is O=C(NCC1CCCCC1CBr)c1ccc2c(c1)CCO2. The maximum Gasteiger partial charge on any atom is 0.251 e. The number of amides is 1. The molecule has 0 bridgehead atoms. The molecule has 1 aromatic carbocycles. The van der Waals surface area contributed by atoms with Gasteiger partial charge in [0.05, 0.1) is 6.61 Å². The van der Waals surface area contributed by atoms with Gasteiger partial charge < -0.3 is 10.1 Å². The highest BCUT2D eigenvalue weighted by atomic mass is 79.9. The molecule has 1 saturated carbocycles. The normalized spacial score (nSPS) is 24.2. The van der Waals surface area contributed by atoms with E-state index in [9.17, 15) is 4.79 Å². The molecule has 0 radical (unpaired) electrons. The van der Waals surface area contributed by atoms with Crippen molar-refractivity contribution in [1.82, 2.24) is 5.32 Å². The number of nitrogens with one attached hydrogen (secondary N) is 1. The number of carbonyl (C=O) groups excluding carboxylic acids is 1. The predicted octanol–water partition coefficient (Wildman–Crippen LogP) is 3.55. The van der Waals surface area contributed by atoms with Crippen LogP contribution < -0.4 is 10.1 Å². The summed E-state index contributed by atoms with van der Waals surface area (Å²) in [5.41, 5.74) is 1.91. The molecule has 1 aliphatic heterocycles. The van der Waals surface area contributed by atoms with Gasteiger partial charge in [-0.3, -0.25) is 4.79 Å². The number of halogens is 1. The molecule has 1 aromatic rings. The van der Waals surface area contributed by atoms with E-state index in [0.717, 1.165) is 41.8 Å². The summed E-state index contributed by atoms with van der Waals surface area (Å²) in [5, 5.41) is 4.17. The molecule has 1 fully saturated rings. The van der Waals surface area contributed by atoms with E-state index in [1.54, 1.807) is 0 Å². The number of benzene rings is 1. The third-order valence-electron chi connectivity index (χ3n) is 4.74. The predicted molar refractivity (Wildman–Crippen MR) is 87.2 cm³/mol. The summed E-state index contributed by atoms with van der Waals surface area (Å²) in [7, 11) is 0. The van der Waals surface area contributed by atoms with Crippen LogP contribution in [0.3, 0.4) is 0 Å². The molecule has 2 unspecified atom stereocenters. The third-order valence-corrected chi connectivity index (χ3v) is 5.57. The lowest BCUT2D eigenvalue weighted by Crippen LogP contribution is -2.34. The molecule has 0 aromatic heterocycles. The van der Waals surface area contributed by atoms with Crippen molar-refractivity contribution >= 4 is 21.8 Å². The third kappa shape index (κ3) is 3.42. The van der Waals surface area contributed by atoms with Crippen molar-refractivity contribution in [3.63, 3.8) is 0 Å². The van der Waals surface area contributed by atoms with Crippen LogP contribution in [0.2, 0.25) is 0 Å². The molecule has 1 amide bonds. The van der Waals surface area contributed by atoms with Crippen LogP contribution in [0.1, 0.15) is 41.6 Å². The molecule has 114 valence electrons. The van der Waals surface area contributed by atoms with E-state index in [4.69, 9.17) is 4.74 Å². The first kappa shape index (κ1) is 14.9. The highest BCUT2D eigenvalue weighted by molar-refractivity contribution is 9.09. The first-order valence-corrected chi connectivity index (χ1v) is 9.00. The van der Waals surface area contributed by atoms with E-state index < -0.39 is 0 Å². The Balaban J connectivity index is 1.58. The van der Waals surface area contributed by atoms with E-state index in [-0.39, 0.29) is 5.91 Å². The molecule has 1 heterocycles. The number of hydrogen-bond acceptors (Lipinski definition) is 2. The van der Waals surface area contributed by atoms with Gasteiger partial charge in [-0.25, -0.2) is 0 Å². The Hall–Kier alpha value is -1.03. The van der Waals surface area contributed by atoms with Crippen molar-refractivity contribution < 1.29 is 9.53 Å². The lowest BCUT2D eigenvalue weighted by molar-refractivity contribution is 0.0937. The fourth-order valence-electron chi connectivity index (χ4n) is 3.41.